The summed E-state index contributed by atoms with van der Waals surface area (Å²) in [5.74, 6) is 0.382. The average molecular weight is 479 g/mol. The highest BCUT2D eigenvalue weighted by Gasteiger charge is 2.28. The van der Waals surface area contributed by atoms with E-state index in [4.69, 9.17) is 16.3 Å². The number of nitrogens with one attached hydrogen (secondary N) is 1. The van der Waals surface area contributed by atoms with E-state index in [9.17, 15) is 13.2 Å². The number of carbonyl (C=O) groups is 1. The Morgan fingerprint density at radius 3 is 2.41 bits per heavy atom. The molecule has 0 unspecified atom stereocenters. The van der Waals surface area contributed by atoms with Gasteiger partial charge in [-0.05, 0) is 55.2 Å². The summed E-state index contributed by atoms with van der Waals surface area (Å²) in [7, 11) is -3.74. The molecule has 32 heavy (non-hydrogen) atoms. The predicted molar refractivity (Wildman–Crippen MR) is 127 cm³/mol. The fraction of sp³-hybridized carbons (Fsp3) is 0.458. The van der Waals surface area contributed by atoms with Gasteiger partial charge in [0, 0.05) is 18.7 Å². The molecule has 0 atom stereocenters. The number of benzene rings is 2. The molecule has 3 rings (SSSR count). The highest BCUT2D eigenvalue weighted by atomic mass is 35.5. The van der Waals surface area contributed by atoms with Crippen molar-refractivity contribution in [2.24, 2.45) is 0 Å². The Balaban J connectivity index is 1.58. The Morgan fingerprint density at radius 1 is 1.06 bits per heavy atom. The van der Waals surface area contributed by atoms with E-state index >= 15 is 0 Å². The Morgan fingerprint density at radius 2 is 1.75 bits per heavy atom. The van der Waals surface area contributed by atoms with Crippen LogP contribution < -0.4 is 10.1 Å². The summed E-state index contributed by atoms with van der Waals surface area (Å²) in [5.41, 5.74) is 1.52. The third-order valence-corrected chi connectivity index (χ3v) is 7.87. The molecule has 6 nitrogen and oxygen atoms in total. The van der Waals surface area contributed by atoms with Crippen LogP contribution in [0.1, 0.15) is 54.9 Å². The van der Waals surface area contributed by atoms with Crippen LogP contribution in [0, 0.1) is 0 Å². The first-order chi connectivity index (χ1) is 15.4. The lowest BCUT2D eigenvalue weighted by molar-refractivity contribution is 0.0947. The zero-order chi connectivity index (χ0) is 23.0. The van der Waals surface area contributed by atoms with Crippen molar-refractivity contribution in [3.63, 3.8) is 0 Å². The Kier molecular flexibility index (Phi) is 8.96. The minimum Gasteiger partial charge on any atom is -0.492 e. The molecular formula is C24H31ClN2O4S. The van der Waals surface area contributed by atoms with Gasteiger partial charge in [-0.15, -0.1) is 0 Å². The fourth-order valence-corrected chi connectivity index (χ4v) is 5.76. The highest BCUT2D eigenvalue weighted by Crippen LogP contribution is 2.27. The molecule has 0 aromatic heterocycles. The molecule has 0 aliphatic carbocycles. The standard InChI is InChI=1S/C24H31ClN2O4S/c1-2-7-19-8-11-21(12-9-19)31-17-14-26-24(28)20-10-13-22(25)23(18-20)32(29,30)27-15-5-3-4-6-16-27/h8-13,18H,2-7,14-17H2,1H3,(H,26,28). The van der Waals surface area contributed by atoms with Gasteiger partial charge in [-0.3, -0.25) is 4.79 Å². The van der Waals surface area contributed by atoms with Crippen molar-refractivity contribution < 1.29 is 17.9 Å². The van der Waals surface area contributed by atoms with Gasteiger partial charge in [-0.1, -0.05) is 49.9 Å². The normalized spacial score (nSPS) is 15.2. The maximum absolute atomic E-state index is 13.1. The molecule has 1 N–H and O–H groups in total. The minimum atomic E-state index is -3.74. The van der Waals surface area contributed by atoms with E-state index in [0.29, 0.717) is 26.2 Å². The van der Waals surface area contributed by atoms with Gasteiger partial charge < -0.3 is 10.1 Å². The first kappa shape index (κ1) is 24.6. The molecule has 1 aliphatic rings. The van der Waals surface area contributed by atoms with Gasteiger partial charge in [0.2, 0.25) is 10.0 Å². The molecule has 1 saturated heterocycles. The summed E-state index contributed by atoms with van der Waals surface area (Å²) < 4.78 is 33.4. The largest absolute Gasteiger partial charge is 0.492 e. The van der Waals surface area contributed by atoms with E-state index in [1.807, 2.05) is 24.3 Å². The Bertz CT molecular complexity index is 1000. The number of ether oxygens (including phenoxy) is 1. The van der Waals surface area contributed by atoms with Crippen LogP contribution in [0.2, 0.25) is 5.02 Å². The lowest BCUT2D eigenvalue weighted by Crippen LogP contribution is -2.32. The second-order valence-corrected chi connectivity index (χ2v) is 10.3. The topological polar surface area (TPSA) is 75.7 Å². The van der Waals surface area contributed by atoms with Crippen LogP contribution in [-0.2, 0) is 16.4 Å². The van der Waals surface area contributed by atoms with E-state index in [0.717, 1.165) is 44.3 Å². The SMILES string of the molecule is CCCc1ccc(OCCNC(=O)c2ccc(Cl)c(S(=O)(=O)N3CCCCCC3)c2)cc1. The maximum atomic E-state index is 13.1. The molecule has 1 fully saturated rings. The second kappa shape index (κ2) is 11.7. The first-order valence-corrected chi connectivity index (χ1v) is 13.0. The average Bonchev–Trinajstić information content (AvgIpc) is 3.08. The molecule has 8 heteroatoms. The zero-order valence-electron chi connectivity index (χ0n) is 18.5. The maximum Gasteiger partial charge on any atom is 0.251 e. The third-order valence-electron chi connectivity index (χ3n) is 5.49. The summed E-state index contributed by atoms with van der Waals surface area (Å²) >= 11 is 6.21. The molecule has 2 aromatic carbocycles. The monoisotopic (exact) mass is 478 g/mol. The lowest BCUT2D eigenvalue weighted by atomic mass is 10.1. The number of amides is 1. The molecule has 0 spiro atoms. The van der Waals surface area contributed by atoms with Crippen molar-refractivity contribution in [3.05, 3.63) is 58.6 Å². The van der Waals surface area contributed by atoms with Crippen LogP contribution >= 0.6 is 11.6 Å². The lowest BCUT2D eigenvalue weighted by Gasteiger charge is -2.21. The molecular weight excluding hydrogens is 448 g/mol. The van der Waals surface area contributed by atoms with Crippen LogP contribution in [-0.4, -0.2) is 44.9 Å². The summed E-state index contributed by atoms with van der Waals surface area (Å²) in [6.45, 7) is 3.70. The van der Waals surface area contributed by atoms with Crippen LogP contribution in [0.4, 0.5) is 0 Å². The Hall–Kier alpha value is -2.09. The third kappa shape index (κ3) is 6.47. The van der Waals surface area contributed by atoms with Gasteiger partial charge in [0.1, 0.15) is 17.3 Å². The van der Waals surface area contributed by atoms with Crippen molar-refractivity contribution in [1.29, 1.82) is 0 Å². The molecule has 2 aromatic rings. The van der Waals surface area contributed by atoms with Crippen LogP contribution in [0.25, 0.3) is 0 Å². The summed E-state index contributed by atoms with van der Waals surface area (Å²) in [4.78, 5) is 12.6. The van der Waals surface area contributed by atoms with E-state index in [1.165, 1.54) is 28.1 Å². The predicted octanol–water partition coefficient (Wildman–Crippen LogP) is 4.67. The smallest absolute Gasteiger partial charge is 0.251 e. The summed E-state index contributed by atoms with van der Waals surface area (Å²) in [5, 5.41) is 2.90. The number of rotatable bonds is 9. The summed E-state index contributed by atoms with van der Waals surface area (Å²) in [6.07, 6.45) is 5.84. The quantitative estimate of drug-likeness (QED) is 0.531. The van der Waals surface area contributed by atoms with Crippen molar-refractivity contribution in [2.75, 3.05) is 26.2 Å². The number of nitrogens with zero attached hydrogens (tertiary/aromatic N) is 1. The summed E-state index contributed by atoms with van der Waals surface area (Å²) in [6, 6.07) is 12.3. The van der Waals surface area contributed by atoms with Gasteiger partial charge in [0.25, 0.3) is 5.91 Å². The molecule has 174 valence electrons. The van der Waals surface area contributed by atoms with E-state index in [-0.39, 0.29) is 21.4 Å². The molecule has 1 aliphatic heterocycles. The minimum absolute atomic E-state index is 0.0165. The zero-order valence-corrected chi connectivity index (χ0v) is 20.1. The van der Waals surface area contributed by atoms with Gasteiger partial charge in [-0.2, -0.15) is 4.31 Å². The molecule has 0 radical (unpaired) electrons. The van der Waals surface area contributed by atoms with Gasteiger partial charge in [0.05, 0.1) is 11.6 Å². The first-order valence-electron chi connectivity index (χ1n) is 11.2. The number of hydrogen-bond donors (Lipinski definition) is 1. The number of aryl methyl sites for hydroxylation is 1. The van der Waals surface area contributed by atoms with Crippen molar-refractivity contribution in [3.8, 4) is 5.75 Å². The molecule has 0 bridgehead atoms. The van der Waals surface area contributed by atoms with Crippen molar-refractivity contribution >= 4 is 27.5 Å². The Labute approximate surface area is 196 Å². The number of carbonyl (C=O) groups excluding carboxylic acids is 1. The van der Waals surface area contributed by atoms with Gasteiger partial charge in [-0.25, -0.2) is 8.42 Å². The molecule has 1 heterocycles. The van der Waals surface area contributed by atoms with E-state index in [1.54, 1.807) is 0 Å². The van der Waals surface area contributed by atoms with E-state index in [2.05, 4.69) is 12.2 Å². The number of hydrogen-bond acceptors (Lipinski definition) is 4. The second-order valence-electron chi connectivity index (χ2n) is 7.96. The van der Waals surface area contributed by atoms with Crippen LogP contribution in [0.15, 0.2) is 47.4 Å². The van der Waals surface area contributed by atoms with Crippen LogP contribution in [0.3, 0.4) is 0 Å². The fourth-order valence-electron chi connectivity index (χ4n) is 3.74. The number of sulfonamides is 1. The van der Waals surface area contributed by atoms with Crippen molar-refractivity contribution in [1.82, 2.24) is 9.62 Å². The van der Waals surface area contributed by atoms with Gasteiger partial charge in [0.15, 0.2) is 0 Å². The van der Waals surface area contributed by atoms with E-state index < -0.39 is 10.0 Å². The highest BCUT2D eigenvalue weighted by molar-refractivity contribution is 7.89. The van der Waals surface area contributed by atoms with Crippen LogP contribution in [0.5, 0.6) is 5.75 Å². The molecule has 1 amide bonds. The number of halogens is 1. The van der Waals surface area contributed by atoms with Crippen molar-refractivity contribution in [2.45, 2.75) is 50.3 Å². The van der Waals surface area contributed by atoms with Gasteiger partial charge >= 0.3 is 0 Å². The molecule has 0 saturated carbocycles.